The van der Waals surface area contributed by atoms with Gasteiger partial charge in [0.15, 0.2) is 18.1 Å². The summed E-state index contributed by atoms with van der Waals surface area (Å²) in [7, 11) is 1.31. The lowest BCUT2D eigenvalue weighted by Crippen LogP contribution is -2.18. The number of aryl methyl sites for hydroxylation is 1. The predicted molar refractivity (Wildman–Crippen MR) is 104 cm³/mol. The molecule has 0 spiro atoms. The zero-order valence-corrected chi connectivity index (χ0v) is 16.6. The minimum atomic E-state index is -0.455. The SMILES string of the molecule is CCOc1cc(CCC(C)=C2SC(=S)NC2=O)ccc1OCC(=O)OC. The topological polar surface area (TPSA) is 73.9 Å². The summed E-state index contributed by atoms with van der Waals surface area (Å²) in [4.78, 5) is 23.7. The Labute approximate surface area is 162 Å². The number of rotatable bonds is 8. The number of methoxy groups -OCH3 is 1. The van der Waals surface area contributed by atoms with Gasteiger partial charge in [-0.3, -0.25) is 4.79 Å². The van der Waals surface area contributed by atoms with Gasteiger partial charge in [-0.15, -0.1) is 0 Å². The zero-order valence-electron chi connectivity index (χ0n) is 14.9. The van der Waals surface area contributed by atoms with Crippen molar-refractivity contribution in [1.29, 1.82) is 0 Å². The number of ether oxygens (including phenoxy) is 3. The Morgan fingerprint density at radius 3 is 2.65 bits per heavy atom. The maximum Gasteiger partial charge on any atom is 0.343 e. The summed E-state index contributed by atoms with van der Waals surface area (Å²) in [5.74, 6) is 0.489. The van der Waals surface area contributed by atoms with E-state index in [0.29, 0.717) is 27.3 Å². The number of thioether (sulfide) groups is 1. The number of amides is 1. The number of hydrogen-bond acceptors (Lipinski definition) is 7. The number of nitrogens with one attached hydrogen (secondary N) is 1. The number of carbonyl (C=O) groups is 2. The van der Waals surface area contributed by atoms with Crippen LogP contribution in [0.2, 0.25) is 0 Å². The van der Waals surface area contributed by atoms with E-state index in [4.69, 9.17) is 21.7 Å². The van der Waals surface area contributed by atoms with E-state index in [-0.39, 0.29) is 12.5 Å². The highest BCUT2D eigenvalue weighted by atomic mass is 32.2. The molecule has 2 rings (SSSR count). The first-order chi connectivity index (χ1) is 12.4. The van der Waals surface area contributed by atoms with Crippen LogP contribution in [0.25, 0.3) is 0 Å². The molecule has 1 fully saturated rings. The van der Waals surface area contributed by atoms with Crippen LogP contribution in [0.1, 0.15) is 25.8 Å². The first-order valence-electron chi connectivity index (χ1n) is 8.12. The Bertz CT molecular complexity index is 745. The van der Waals surface area contributed by atoms with Gasteiger partial charge in [0.1, 0.15) is 4.32 Å². The molecule has 0 aliphatic carbocycles. The van der Waals surface area contributed by atoms with Crippen molar-refractivity contribution in [1.82, 2.24) is 5.32 Å². The molecule has 1 N–H and O–H groups in total. The molecule has 1 heterocycles. The van der Waals surface area contributed by atoms with E-state index in [9.17, 15) is 9.59 Å². The van der Waals surface area contributed by atoms with Crippen LogP contribution in [-0.2, 0) is 20.7 Å². The van der Waals surface area contributed by atoms with Gasteiger partial charge in [0.2, 0.25) is 0 Å². The van der Waals surface area contributed by atoms with Gasteiger partial charge in [0.25, 0.3) is 5.91 Å². The van der Waals surface area contributed by atoms with E-state index in [1.807, 2.05) is 26.0 Å². The summed E-state index contributed by atoms with van der Waals surface area (Å²) in [6.45, 7) is 4.13. The maximum atomic E-state index is 11.8. The smallest absolute Gasteiger partial charge is 0.343 e. The van der Waals surface area contributed by atoms with Crippen LogP contribution in [0.5, 0.6) is 11.5 Å². The molecule has 1 aromatic rings. The van der Waals surface area contributed by atoms with Gasteiger partial charge in [-0.05, 0) is 44.4 Å². The van der Waals surface area contributed by atoms with Crippen molar-refractivity contribution in [3.05, 3.63) is 34.2 Å². The third kappa shape index (κ3) is 5.47. The first kappa shape index (κ1) is 20.3. The number of esters is 1. The van der Waals surface area contributed by atoms with Gasteiger partial charge in [-0.2, -0.15) is 0 Å². The molecule has 1 saturated heterocycles. The lowest BCUT2D eigenvalue weighted by molar-refractivity contribution is -0.142. The highest BCUT2D eigenvalue weighted by Crippen LogP contribution is 2.31. The minimum absolute atomic E-state index is 0.126. The number of thiocarbonyl (C=S) groups is 1. The average molecular weight is 396 g/mol. The van der Waals surface area contributed by atoms with Gasteiger partial charge >= 0.3 is 5.97 Å². The summed E-state index contributed by atoms with van der Waals surface area (Å²) in [5.41, 5.74) is 2.04. The molecule has 1 amide bonds. The van der Waals surface area contributed by atoms with Crippen LogP contribution in [0.4, 0.5) is 0 Å². The molecule has 26 heavy (non-hydrogen) atoms. The highest BCUT2D eigenvalue weighted by molar-refractivity contribution is 8.26. The highest BCUT2D eigenvalue weighted by Gasteiger charge is 2.24. The molecule has 140 valence electrons. The van der Waals surface area contributed by atoms with Crippen LogP contribution in [0.3, 0.4) is 0 Å². The molecule has 0 saturated carbocycles. The van der Waals surface area contributed by atoms with Gasteiger partial charge in [-0.25, -0.2) is 4.79 Å². The van der Waals surface area contributed by atoms with E-state index in [0.717, 1.165) is 24.0 Å². The second-order valence-electron chi connectivity index (χ2n) is 5.53. The second-order valence-corrected chi connectivity index (χ2v) is 7.22. The van der Waals surface area contributed by atoms with Crippen molar-refractivity contribution in [2.24, 2.45) is 0 Å². The third-order valence-corrected chi connectivity index (χ3v) is 5.05. The number of carbonyl (C=O) groups excluding carboxylic acids is 2. The summed E-state index contributed by atoms with van der Waals surface area (Å²) in [6.07, 6.45) is 1.47. The quantitative estimate of drug-likeness (QED) is 0.412. The Kier molecular flexibility index (Phi) is 7.47. The fourth-order valence-electron chi connectivity index (χ4n) is 2.33. The van der Waals surface area contributed by atoms with E-state index >= 15 is 0 Å². The van der Waals surface area contributed by atoms with Crippen molar-refractivity contribution < 1.29 is 23.8 Å². The molecule has 8 heteroatoms. The lowest BCUT2D eigenvalue weighted by Gasteiger charge is -2.13. The average Bonchev–Trinajstić information content (AvgIpc) is 2.97. The summed E-state index contributed by atoms with van der Waals surface area (Å²) >= 11 is 6.32. The molecule has 0 unspecified atom stereocenters. The first-order valence-corrected chi connectivity index (χ1v) is 9.35. The molecule has 1 aliphatic rings. The van der Waals surface area contributed by atoms with E-state index in [2.05, 4.69) is 10.1 Å². The molecule has 0 radical (unpaired) electrons. The monoisotopic (exact) mass is 395 g/mol. The molecule has 1 aromatic carbocycles. The predicted octanol–water partition coefficient (Wildman–Crippen LogP) is 2.99. The number of benzene rings is 1. The number of hydrogen-bond donors (Lipinski definition) is 1. The van der Waals surface area contributed by atoms with Gasteiger partial charge in [-0.1, -0.05) is 35.6 Å². The minimum Gasteiger partial charge on any atom is -0.490 e. The number of allylic oxidation sites excluding steroid dienone is 1. The van der Waals surface area contributed by atoms with E-state index in [1.54, 1.807) is 6.07 Å². The fourth-order valence-corrected chi connectivity index (χ4v) is 3.42. The van der Waals surface area contributed by atoms with Crippen LogP contribution < -0.4 is 14.8 Å². The van der Waals surface area contributed by atoms with Crippen molar-refractivity contribution in [2.45, 2.75) is 26.7 Å². The van der Waals surface area contributed by atoms with Crippen molar-refractivity contribution in [2.75, 3.05) is 20.3 Å². The normalized spacial score (nSPS) is 15.5. The Morgan fingerprint density at radius 1 is 1.27 bits per heavy atom. The third-order valence-electron chi connectivity index (χ3n) is 3.67. The summed E-state index contributed by atoms with van der Waals surface area (Å²) in [6, 6.07) is 5.58. The van der Waals surface area contributed by atoms with E-state index in [1.165, 1.54) is 18.9 Å². The Balaban J connectivity index is 2.06. The summed E-state index contributed by atoms with van der Waals surface area (Å²) < 4.78 is 16.1. The maximum absolute atomic E-state index is 11.8. The largest absolute Gasteiger partial charge is 0.490 e. The Morgan fingerprint density at radius 2 is 2.04 bits per heavy atom. The van der Waals surface area contributed by atoms with Crippen LogP contribution in [-0.4, -0.2) is 36.5 Å². The van der Waals surface area contributed by atoms with Crippen molar-refractivity contribution >= 4 is 40.2 Å². The van der Waals surface area contributed by atoms with Crippen molar-refractivity contribution in [3.63, 3.8) is 0 Å². The van der Waals surface area contributed by atoms with E-state index < -0.39 is 5.97 Å². The molecule has 0 aromatic heterocycles. The standard InChI is InChI=1S/C18H21NO5S2/c1-4-23-14-9-12(7-8-13(14)24-10-15(20)22-3)6-5-11(2)16-17(21)19-18(25)26-16/h7-9H,4-6,10H2,1-3H3,(H,19,21,25). The Hall–Kier alpha value is -2.06. The molecule has 0 atom stereocenters. The van der Waals surface area contributed by atoms with Gasteiger partial charge in [0.05, 0.1) is 18.6 Å². The fraction of sp³-hybridized carbons (Fsp3) is 0.389. The molecule has 0 bridgehead atoms. The lowest BCUT2D eigenvalue weighted by atomic mass is 10.0. The van der Waals surface area contributed by atoms with Gasteiger partial charge in [0, 0.05) is 0 Å². The van der Waals surface area contributed by atoms with Gasteiger partial charge < -0.3 is 19.5 Å². The molecule has 1 aliphatic heterocycles. The molecular formula is C18H21NO5S2. The van der Waals surface area contributed by atoms with Crippen molar-refractivity contribution in [3.8, 4) is 11.5 Å². The second kappa shape index (κ2) is 9.59. The zero-order chi connectivity index (χ0) is 19.1. The molecule has 6 nitrogen and oxygen atoms in total. The van der Waals surface area contributed by atoms with Crippen LogP contribution in [0.15, 0.2) is 28.7 Å². The van der Waals surface area contributed by atoms with Crippen LogP contribution >= 0.6 is 24.0 Å². The summed E-state index contributed by atoms with van der Waals surface area (Å²) in [5, 5.41) is 2.63. The molecular weight excluding hydrogens is 374 g/mol. The van der Waals surface area contributed by atoms with Crippen LogP contribution in [0, 0.1) is 0 Å².